The first-order valence-corrected chi connectivity index (χ1v) is 4.62. The Morgan fingerprint density at radius 1 is 1.31 bits per heavy atom. The summed E-state index contributed by atoms with van der Waals surface area (Å²) in [5, 5.41) is 13.1. The van der Waals surface area contributed by atoms with Gasteiger partial charge in [0.2, 0.25) is 0 Å². The van der Waals surface area contributed by atoms with E-state index >= 15 is 0 Å². The molecule has 0 amide bonds. The zero-order valence-electron chi connectivity index (χ0n) is 8.65. The van der Waals surface area contributed by atoms with Crippen molar-refractivity contribution >= 4 is 0 Å². The molecule has 1 rings (SSSR count). The molecule has 0 radical (unpaired) electrons. The van der Waals surface area contributed by atoms with Crippen molar-refractivity contribution in [2.45, 2.75) is 46.3 Å². The van der Waals surface area contributed by atoms with Crippen LogP contribution in [0.4, 0.5) is 0 Å². The monoisotopic (exact) mass is 183 g/mol. The molecule has 0 saturated heterocycles. The molecule has 74 valence electrons. The molecule has 0 spiro atoms. The average molecular weight is 183 g/mol. The van der Waals surface area contributed by atoms with E-state index in [4.69, 9.17) is 5.11 Å². The van der Waals surface area contributed by atoms with Gasteiger partial charge in [-0.15, -0.1) is 0 Å². The lowest BCUT2D eigenvalue weighted by Gasteiger charge is -2.10. The van der Waals surface area contributed by atoms with Crippen molar-refractivity contribution in [3.8, 4) is 0 Å². The van der Waals surface area contributed by atoms with Crippen LogP contribution < -0.4 is 0 Å². The standard InChI is InChI=1S/C9H17N3O/c1-6(2)9-10-8(5-13)11-12(9)7(3)4/h6-7,13H,5H2,1-4H3. The first-order valence-electron chi connectivity index (χ1n) is 4.62. The molecule has 13 heavy (non-hydrogen) atoms. The first kappa shape index (κ1) is 10.2. The van der Waals surface area contributed by atoms with E-state index in [1.54, 1.807) is 0 Å². The minimum atomic E-state index is -0.0839. The quantitative estimate of drug-likeness (QED) is 0.772. The van der Waals surface area contributed by atoms with Crippen LogP contribution in [0.3, 0.4) is 0 Å². The van der Waals surface area contributed by atoms with E-state index in [1.807, 2.05) is 4.68 Å². The molecule has 0 fully saturated rings. The lowest BCUT2D eigenvalue weighted by Crippen LogP contribution is -2.09. The van der Waals surface area contributed by atoms with Gasteiger partial charge in [-0.3, -0.25) is 0 Å². The number of aliphatic hydroxyl groups is 1. The van der Waals surface area contributed by atoms with Crippen molar-refractivity contribution in [3.05, 3.63) is 11.6 Å². The van der Waals surface area contributed by atoms with E-state index in [-0.39, 0.29) is 6.61 Å². The topological polar surface area (TPSA) is 50.9 Å². The number of hydrogen-bond acceptors (Lipinski definition) is 3. The summed E-state index contributed by atoms with van der Waals surface area (Å²) < 4.78 is 1.87. The van der Waals surface area contributed by atoms with Gasteiger partial charge in [-0.1, -0.05) is 13.8 Å². The maximum Gasteiger partial charge on any atom is 0.176 e. The highest BCUT2D eigenvalue weighted by Gasteiger charge is 2.14. The van der Waals surface area contributed by atoms with Crippen molar-refractivity contribution in [1.82, 2.24) is 14.8 Å². The highest BCUT2D eigenvalue weighted by Crippen LogP contribution is 2.16. The highest BCUT2D eigenvalue weighted by atomic mass is 16.3. The highest BCUT2D eigenvalue weighted by molar-refractivity contribution is 4.98. The lowest BCUT2D eigenvalue weighted by atomic mass is 10.2. The van der Waals surface area contributed by atoms with E-state index in [0.717, 1.165) is 5.82 Å². The molecule has 4 heteroatoms. The smallest absolute Gasteiger partial charge is 0.176 e. The molecule has 0 aromatic carbocycles. The van der Waals surface area contributed by atoms with Crippen LogP contribution in [-0.2, 0) is 6.61 Å². The number of nitrogens with zero attached hydrogens (tertiary/aromatic N) is 3. The van der Waals surface area contributed by atoms with Crippen LogP contribution in [0.15, 0.2) is 0 Å². The van der Waals surface area contributed by atoms with Crippen LogP contribution in [-0.4, -0.2) is 19.9 Å². The summed E-state index contributed by atoms with van der Waals surface area (Å²) in [5.41, 5.74) is 0. The number of aromatic nitrogens is 3. The molecule has 1 N–H and O–H groups in total. The minimum absolute atomic E-state index is 0.0839. The molecular weight excluding hydrogens is 166 g/mol. The second kappa shape index (κ2) is 3.87. The van der Waals surface area contributed by atoms with Gasteiger partial charge < -0.3 is 5.11 Å². The molecule has 1 heterocycles. The first-order chi connectivity index (χ1) is 6.06. The summed E-state index contributed by atoms with van der Waals surface area (Å²) >= 11 is 0. The molecule has 4 nitrogen and oxygen atoms in total. The van der Waals surface area contributed by atoms with Crippen LogP contribution in [0.1, 0.15) is 51.3 Å². The van der Waals surface area contributed by atoms with Crippen molar-refractivity contribution in [3.63, 3.8) is 0 Å². The predicted molar refractivity (Wildman–Crippen MR) is 50.4 cm³/mol. The number of rotatable bonds is 3. The molecule has 0 bridgehead atoms. The molecule has 1 aromatic heterocycles. The van der Waals surface area contributed by atoms with Gasteiger partial charge in [-0.05, 0) is 13.8 Å². The van der Waals surface area contributed by atoms with E-state index in [1.165, 1.54) is 0 Å². The summed E-state index contributed by atoms with van der Waals surface area (Å²) in [6.07, 6.45) is 0. The minimum Gasteiger partial charge on any atom is -0.388 e. The van der Waals surface area contributed by atoms with Crippen LogP contribution >= 0.6 is 0 Å². The third kappa shape index (κ3) is 2.06. The largest absolute Gasteiger partial charge is 0.388 e. The molecule has 0 aliphatic carbocycles. The Morgan fingerprint density at radius 2 is 1.92 bits per heavy atom. The third-order valence-electron chi connectivity index (χ3n) is 1.85. The molecule has 0 unspecified atom stereocenters. The third-order valence-corrected chi connectivity index (χ3v) is 1.85. The van der Waals surface area contributed by atoms with E-state index in [0.29, 0.717) is 17.8 Å². The van der Waals surface area contributed by atoms with E-state index in [9.17, 15) is 0 Å². The van der Waals surface area contributed by atoms with Gasteiger partial charge in [0, 0.05) is 12.0 Å². The van der Waals surface area contributed by atoms with Crippen molar-refractivity contribution in [2.75, 3.05) is 0 Å². The Hall–Kier alpha value is -0.900. The van der Waals surface area contributed by atoms with Gasteiger partial charge in [-0.2, -0.15) is 5.10 Å². The van der Waals surface area contributed by atoms with Crippen LogP contribution in [0.25, 0.3) is 0 Å². The molecule has 0 atom stereocenters. The maximum absolute atomic E-state index is 8.90. The van der Waals surface area contributed by atoms with Gasteiger partial charge in [0.05, 0.1) is 0 Å². The predicted octanol–water partition coefficient (Wildman–Crippen LogP) is 1.47. The second-order valence-electron chi connectivity index (χ2n) is 3.74. The lowest BCUT2D eigenvalue weighted by molar-refractivity contribution is 0.270. The summed E-state index contributed by atoms with van der Waals surface area (Å²) in [7, 11) is 0. The Labute approximate surface area is 78.6 Å². The van der Waals surface area contributed by atoms with Crippen LogP contribution in [0.5, 0.6) is 0 Å². The molecular formula is C9H17N3O. The van der Waals surface area contributed by atoms with E-state index in [2.05, 4.69) is 37.8 Å². The van der Waals surface area contributed by atoms with E-state index < -0.39 is 0 Å². The van der Waals surface area contributed by atoms with Crippen LogP contribution in [0, 0.1) is 0 Å². The van der Waals surface area contributed by atoms with Crippen LogP contribution in [0.2, 0.25) is 0 Å². The van der Waals surface area contributed by atoms with Gasteiger partial charge in [0.15, 0.2) is 5.82 Å². The number of aliphatic hydroxyl groups excluding tert-OH is 1. The molecule has 0 saturated carbocycles. The summed E-state index contributed by atoms with van der Waals surface area (Å²) in [6, 6.07) is 0.296. The molecule has 0 aliphatic heterocycles. The Morgan fingerprint density at radius 3 is 2.23 bits per heavy atom. The Kier molecular flexibility index (Phi) is 3.03. The van der Waals surface area contributed by atoms with Crippen molar-refractivity contribution in [1.29, 1.82) is 0 Å². The van der Waals surface area contributed by atoms with Gasteiger partial charge in [-0.25, -0.2) is 9.67 Å². The Bertz CT molecular complexity index is 253. The maximum atomic E-state index is 8.90. The van der Waals surface area contributed by atoms with Gasteiger partial charge in [0.1, 0.15) is 12.4 Å². The van der Waals surface area contributed by atoms with Crippen molar-refractivity contribution in [2.24, 2.45) is 0 Å². The SMILES string of the molecule is CC(C)c1nc(CO)nn1C(C)C. The number of hydrogen-bond donors (Lipinski definition) is 1. The molecule has 1 aromatic rings. The van der Waals surface area contributed by atoms with Gasteiger partial charge in [0.25, 0.3) is 0 Å². The summed E-state index contributed by atoms with van der Waals surface area (Å²) in [5.74, 6) is 1.80. The Balaban J connectivity index is 3.08. The summed E-state index contributed by atoms with van der Waals surface area (Å²) in [4.78, 5) is 4.25. The fourth-order valence-corrected chi connectivity index (χ4v) is 1.22. The van der Waals surface area contributed by atoms with Gasteiger partial charge >= 0.3 is 0 Å². The van der Waals surface area contributed by atoms with Crippen molar-refractivity contribution < 1.29 is 5.11 Å². The normalized spacial score (nSPS) is 11.6. The second-order valence-corrected chi connectivity index (χ2v) is 3.74. The zero-order chi connectivity index (χ0) is 10.0. The molecule has 0 aliphatic rings. The fourth-order valence-electron chi connectivity index (χ4n) is 1.22. The average Bonchev–Trinajstić information content (AvgIpc) is 2.47. The zero-order valence-corrected chi connectivity index (χ0v) is 8.65. The summed E-state index contributed by atoms with van der Waals surface area (Å²) in [6.45, 7) is 8.18. The fraction of sp³-hybridized carbons (Fsp3) is 0.778.